The molecule has 0 aromatic heterocycles. The van der Waals surface area contributed by atoms with Crippen LogP contribution < -0.4 is 15.4 Å². The number of aliphatic hydroxyl groups is 1. The summed E-state index contributed by atoms with van der Waals surface area (Å²) in [4.78, 5) is 1.99. The van der Waals surface area contributed by atoms with Gasteiger partial charge in [0.2, 0.25) is 0 Å². The van der Waals surface area contributed by atoms with E-state index in [9.17, 15) is 5.11 Å². The zero-order chi connectivity index (χ0) is 13.9. The summed E-state index contributed by atoms with van der Waals surface area (Å²) in [6, 6.07) is 5.58. The molecule has 106 valence electrons. The molecule has 3 N–H and O–H groups in total. The molecule has 0 aliphatic carbocycles. The number of hydrogen-bond acceptors (Lipinski definition) is 5. The third-order valence-electron chi connectivity index (χ3n) is 3.60. The van der Waals surface area contributed by atoms with Crippen LogP contribution in [0.4, 0.5) is 11.4 Å². The smallest absolute Gasteiger partial charge is 0.121 e. The van der Waals surface area contributed by atoms with E-state index >= 15 is 0 Å². The van der Waals surface area contributed by atoms with Gasteiger partial charge in [0.05, 0.1) is 24.1 Å². The number of nitrogen functional groups attached to an aromatic ring is 1. The van der Waals surface area contributed by atoms with Crippen molar-refractivity contribution in [3.63, 3.8) is 0 Å². The van der Waals surface area contributed by atoms with Gasteiger partial charge in [0, 0.05) is 45.7 Å². The van der Waals surface area contributed by atoms with E-state index in [1.165, 1.54) is 0 Å². The highest BCUT2D eigenvalue weighted by molar-refractivity contribution is 5.69. The second kappa shape index (κ2) is 5.67. The van der Waals surface area contributed by atoms with Crippen LogP contribution >= 0.6 is 0 Å². The first-order valence-electron chi connectivity index (χ1n) is 6.49. The lowest BCUT2D eigenvalue weighted by Crippen LogP contribution is -2.45. The molecular formula is C14H22N2O3. The number of anilines is 2. The Balaban J connectivity index is 2.08. The Bertz CT molecular complexity index is 431. The number of benzene rings is 1. The Morgan fingerprint density at radius 1 is 1.42 bits per heavy atom. The lowest BCUT2D eigenvalue weighted by molar-refractivity contribution is -0.0572. The van der Waals surface area contributed by atoms with Crippen LogP contribution in [0, 0.1) is 0 Å². The van der Waals surface area contributed by atoms with Gasteiger partial charge in [-0.3, -0.25) is 0 Å². The first kappa shape index (κ1) is 14.0. The Morgan fingerprint density at radius 3 is 2.68 bits per heavy atom. The van der Waals surface area contributed by atoms with E-state index in [4.69, 9.17) is 15.2 Å². The summed E-state index contributed by atoms with van der Waals surface area (Å²) in [5, 5.41) is 10.5. The monoisotopic (exact) mass is 266 g/mol. The molecule has 1 aromatic carbocycles. The molecule has 0 unspecified atom stereocenters. The maximum atomic E-state index is 10.5. The molecule has 1 aliphatic rings. The number of likely N-dealkylation sites (N-methyl/N-ethyl adjacent to an activating group) is 1. The fraction of sp³-hybridized carbons (Fsp3) is 0.571. The van der Waals surface area contributed by atoms with Crippen molar-refractivity contribution in [3.05, 3.63) is 18.2 Å². The predicted octanol–water partition coefficient (Wildman–Crippen LogP) is 1.26. The topological polar surface area (TPSA) is 68.0 Å². The van der Waals surface area contributed by atoms with E-state index in [1.54, 1.807) is 13.2 Å². The molecule has 1 saturated heterocycles. The van der Waals surface area contributed by atoms with Crippen LogP contribution in [-0.2, 0) is 4.74 Å². The van der Waals surface area contributed by atoms with Gasteiger partial charge in [0.1, 0.15) is 5.75 Å². The Hall–Kier alpha value is -1.46. The second-order valence-corrected chi connectivity index (χ2v) is 5.12. The molecule has 0 amide bonds. The predicted molar refractivity (Wildman–Crippen MR) is 75.7 cm³/mol. The van der Waals surface area contributed by atoms with Gasteiger partial charge in [-0.15, -0.1) is 0 Å². The van der Waals surface area contributed by atoms with Crippen molar-refractivity contribution in [2.24, 2.45) is 0 Å². The number of ether oxygens (including phenoxy) is 2. The van der Waals surface area contributed by atoms with Gasteiger partial charge in [0.15, 0.2) is 0 Å². The highest BCUT2D eigenvalue weighted by Gasteiger charge is 2.31. The Kier molecular flexibility index (Phi) is 4.17. The van der Waals surface area contributed by atoms with Crippen molar-refractivity contribution in [3.8, 4) is 5.75 Å². The van der Waals surface area contributed by atoms with E-state index in [0.29, 0.717) is 38.3 Å². The minimum absolute atomic E-state index is 0.549. The van der Waals surface area contributed by atoms with Gasteiger partial charge in [-0.05, 0) is 12.1 Å². The van der Waals surface area contributed by atoms with E-state index in [2.05, 4.69) is 0 Å². The highest BCUT2D eigenvalue weighted by atomic mass is 16.5. The number of nitrogens with two attached hydrogens (primary N) is 1. The molecule has 1 aliphatic heterocycles. The first-order chi connectivity index (χ1) is 9.04. The van der Waals surface area contributed by atoms with Crippen LogP contribution in [0.3, 0.4) is 0 Å². The summed E-state index contributed by atoms with van der Waals surface area (Å²) in [5.74, 6) is 0.736. The number of rotatable bonds is 4. The quantitative estimate of drug-likeness (QED) is 0.803. The highest BCUT2D eigenvalue weighted by Crippen LogP contribution is 2.29. The van der Waals surface area contributed by atoms with Gasteiger partial charge < -0.3 is 25.2 Å². The third-order valence-corrected chi connectivity index (χ3v) is 3.60. The average molecular weight is 266 g/mol. The van der Waals surface area contributed by atoms with Crippen molar-refractivity contribution in [2.45, 2.75) is 18.4 Å². The molecule has 5 nitrogen and oxygen atoms in total. The molecular weight excluding hydrogens is 244 g/mol. The van der Waals surface area contributed by atoms with Gasteiger partial charge in [0.25, 0.3) is 0 Å². The summed E-state index contributed by atoms with van der Waals surface area (Å²) in [7, 11) is 3.55. The Labute approximate surface area is 113 Å². The first-order valence-corrected chi connectivity index (χ1v) is 6.49. The second-order valence-electron chi connectivity index (χ2n) is 5.12. The maximum Gasteiger partial charge on any atom is 0.121 e. The van der Waals surface area contributed by atoms with Crippen LogP contribution in [0.25, 0.3) is 0 Å². The lowest BCUT2D eigenvalue weighted by Gasteiger charge is -2.36. The molecule has 0 radical (unpaired) electrons. The van der Waals surface area contributed by atoms with Gasteiger partial charge in [-0.25, -0.2) is 0 Å². The number of hydrogen-bond donors (Lipinski definition) is 2. The van der Waals surface area contributed by atoms with Crippen LogP contribution in [0.5, 0.6) is 5.75 Å². The van der Waals surface area contributed by atoms with Crippen molar-refractivity contribution in [1.82, 2.24) is 0 Å². The molecule has 1 fully saturated rings. The average Bonchev–Trinajstić information content (AvgIpc) is 2.38. The van der Waals surface area contributed by atoms with Gasteiger partial charge in [-0.2, -0.15) is 0 Å². The fourth-order valence-corrected chi connectivity index (χ4v) is 2.44. The molecule has 1 heterocycles. The number of nitrogens with zero attached hydrogens (tertiary/aromatic N) is 1. The van der Waals surface area contributed by atoms with E-state index in [0.717, 1.165) is 11.4 Å². The fourth-order valence-electron chi connectivity index (χ4n) is 2.44. The minimum atomic E-state index is -0.695. The molecule has 0 spiro atoms. The minimum Gasteiger partial charge on any atom is -0.497 e. The summed E-state index contributed by atoms with van der Waals surface area (Å²) < 4.78 is 10.4. The molecule has 2 rings (SSSR count). The van der Waals surface area contributed by atoms with E-state index in [-0.39, 0.29) is 0 Å². The molecule has 1 aromatic rings. The molecule has 0 atom stereocenters. The summed E-state index contributed by atoms with van der Waals surface area (Å²) in [5.41, 5.74) is 6.88. The van der Waals surface area contributed by atoms with E-state index in [1.807, 2.05) is 24.1 Å². The number of methoxy groups -OCH3 is 1. The van der Waals surface area contributed by atoms with Crippen molar-refractivity contribution in [1.29, 1.82) is 0 Å². The normalized spacial score (nSPS) is 18.1. The molecule has 19 heavy (non-hydrogen) atoms. The largest absolute Gasteiger partial charge is 0.497 e. The molecule has 5 heteroatoms. The van der Waals surface area contributed by atoms with Gasteiger partial charge in [-0.1, -0.05) is 0 Å². The maximum absolute atomic E-state index is 10.5. The molecule has 0 bridgehead atoms. The van der Waals surface area contributed by atoms with Crippen molar-refractivity contribution < 1.29 is 14.6 Å². The molecule has 0 saturated carbocycles. The zero-order valence-corrected chi connectivity index (χ0v) is 11.6. The van der Waals surface area contributed by atoms with Crippen LogP contribution in [-0.4, -0.2) is 44.6 Å². The summed E-state index contributed by atoms with van der Waals surface area (Å²) in [6.45, 7) is 1.78. The summed E-state index contributed by atoms with van der Waals surface area (Å²) >= 11 is 0. The third kappa shape index (κ3) is 3.30. The van der Waals surface area contributed by atoms with Gasteiger partial charge >= 0.3 is 0 Å². The van der Waals surface area contributed by atoms with Crippen molar-refractivity contribution >= 4 is 11.4 Å². The summed E-state index contributed by atoms with van der Waals surface area (Å²) in [6.07, 6.45) is 1.32. The standard InChI is InChI=1S/C14H22N2O3/c1-16(10-14(17)5-7-19-8-6-14)13-4-3-11(18-2)9-12(13)15/h3-4,9,17H,5-8,10,15H2,1-2H3. The zero-order valence-electron chi connectivity index (χ0n) is 11.6. The van der Waals surface area contributed by atoms with E-state index < -0.39 is 5.60 Å². The Morgan fingerprint density at radius 2 is 2.11 bits per heavy atom. The van der Waals surface area contributed by atoms with Crippen molar-refractivity contribution in [2.75, 3.05) is 44.5 Å². The van der Waals surface area contributed by atoms with Crippen LogP contribution in [0.1, 0.15) is 12.8 Å². The van der Waals surface area contributed by atoms with Crippen LogP contribution in [0.2, 0.25) is 0 Å². The SMILES string of the molecule is COc1ccc(N(C)CC2(O)CCOCC2)c(N)c1. The van der Waals surface area contributed by atoms with Crippen LogP contribution in [0.15, 0.2) is 18.2 Å². The lowest BCUT2D eigenvalue weighted by atomic mass is 9.93.